The van der Waals surface area contributed by atoms with E-state index in [-0.39, 0.29) is 0 Å². The van der Waals surface area contributed by atoms with Gasteiger partial charge in [0.25, 0.3) is 0 Å². The molecule has 0 aliphatic carbocycles. The number of aliphatic hydroxyl groups is 1. The average Bonchev–Trinajstić information content (AvgIpc) is 2.74. The monoisotopic (exact) mass is 313 g/mol. The lowest BCUT2D eigenvalue weighted by molar-refractivity contribution is -0.146. The molecule has 0 aromatic heterocycles. The third-order valence-electron chi connectivity index (χ3n) is 3.41. The molecule has 1 heterocycles. The second-order valence-corrected chi connectivity index (χ2v) is 5.62. The summed E-state index contributed by atoms with van der Waals surface area (Å²) >= 11 is 3.47. The van der Waals surface area contributed by atoms with Crippen molar-refractivity contribution < 1.29 is 15.0 Å². The Morgan fingerprint density at radius 3 is 2.78 bits per heavy atom. The minimum Gasteiger partial charge on any atom is -0.479 e. The van der Waals surface area contributed by atoms with Crippen LogP contribution in [0.3, 0.4) is 0 Å². The summed E-state index contributed by atoms with van der Waals surface area (Å²) in [5, 5.41) is 18.3. The Balaban J connectivity index is 2.22. The van der Waals surface area contributed by atoms with Crippen LogP contribution in [0, 0.1) is 0 Å². The van der Waals surface area contributed by atoms with Crippen LogP contribution in [0.4, 0.5) is 0 Å². The predicted molar refractivity (Wildman–Crippen MR) is 71.6 cm³/mol. The molecule has 98 valence electrons. The summed E-state index contributed by atoms with van der Waals surface area (Å²) in [5.74, 6) is -0.754. The highest BCUT2D eigenvalue weighted by molar-refractivity contribution is 9.10. The lowest BCUT2D eigenvalue weighted by Crippen LogP contribution is -2.14. The molecule has 1 aromatic rings. The van der Waals surface area contributed by atoms with E-state index in [9.17, 15) is 9.90 Å². The molecule has 1 aliphatic rings. The van der Waals surface area contributed by atoms with Gasteiger partial charge in [-0.1, -0.05) is 28.1 Å². The Morgan fingerprint density at radius 2 is 2.28 bits per heavy atom. The summed E-state index contributed by atoms with van der Waals surface area (Å²) in [6.45, 7) is 2.09. The quantitative estimate of drug-likeness (QED) is 0.896. The first-order valence-corrected chi connectivity index (χ1v) is 6.67. The number of aliphatic hydroxyl groups excluding tert-OH is 1. The van der Waals surface area contributed by atoms with Gasteiger partial charge in [-0.25, -0.2) is 4.79 Å². The molecule has 0 radical (unpaired) electrons. The summed E-state index contributed by atoms with van der Waals surface area (Å²) in [7, 11) is 2.09. The highest BCUT2D eigenvalue weighted by Crippen LogP contribution is 2.33. The van der Waals surface area contributed by atoms with Gasteiger partial charge in [-0.05, 0) is 43.1 Å². The fourth-order valence-corrected chi connectivity index (χ4v) is 3.10. The number of carboxylic acids is 1. The van der Waals surface area contributed by atoms with Gasteiger partial charge >= 0.3 is 5.97 Å². The second-order valence-electron chi connectivity index (χ2n) is 4.77. The van der Waals surface area contributed by atoms with E-state index in [1.807, 2.05) is 6.07 Å². The number of likely N-dealkylation sites (tertiary alicyclic amines) is 1. The van der Waals surface area contributed by atoms with Crippen LogP contribution in [-0.2, 0) is 4.79 Å². The van der Waals surface area contributed by atoms with E-state index in [1.165, 1.54) is 5.56 Å². The molecule has 5 heteroatoms. The maximum atomic E-state index is 10.7. The molecular formula is C13H16BrNO3. The number of hydrogen-bond donors (Lipinski definition) is 2. The molecule has 18 heavy (non-hydrogen) atoms. The Bertz CT molecular complexity index is 464. The molecule has 1 fully saturated rings. The molecule has 0 spiro atoms. The lowest BCUT2D eigenvalue weighted by atomic mass is 9.96. The van der Waals surface area contributed by atoms with Crippen LogP contribution in [-0.4, -0.2) is 41.2 Å². The number of halogens is 1. The van der Waals surface area contributed by atoms with Gasteiger partial charge in [-0.3, -0.25) is 0 Å². The zero-order valence-corrected chi connectivity index (χ0v) is 11.7. The molecule has 0 amide bonds. The first-order chi connectivity index (χ1) is 8.49. The minimum atomic E-state index is -1.46. The normalized spacial score (nSPS) is 22.1. The zero-order valence-electron chi connectivity index (χ0n) is 10.1. The van der Waals surface area contributed by atoms with Crippen LogP contribution < -0.4 is 0 Å². The summed E-state index contributed by atoms with van der Waals surface area (Å²) in [5.41, 5.74) is 1.59. The summed E-state index contributed by atoms with van der Waals surface area (Å²) in [4.78, 5) is 13.0. The summed E-state index contributed by atoms with van der Waals surface area (Å²) < 4.78 is 0.876. The molecule has 2 atom stereocenters. The fourth-order valence-electron chi connectivity index (χ4n) is 2.38. The van der Waals surface area contributed by atoms with Gasteiger partial charge in [0.05, 0.1) is 0 Å². The van der Waals surface area contributed by atoms with Crippen molar-refractivity contribution >= 4 is 21.9 Å². The van der Waals surface area contributed by atoms with Crippen LogP contribution in [0.5, 0.6) is 0 Å². The number of rotatable bonds is 3. The predicted octanol–water partition coefficient (Wildman–Crippen LogP) is 1.99. The summed E-state index contributed by atoms with van der Waals surface area (Å²) in [6.07, 6.45) is -0.350. The highest BCUT2D eigenvalue weighted by Gasteiger charge is 2.24. The maximum Gasteiger partial charge on any atom is 0.337 e. The van der Waals surface area contributed by atoms with Gasteiger partial charge in [0.2, 0.25) is 0 Å². The standard InChI is InChI=1S/C13H16BrNO3/c1-15-5-4-9(7-15)10-3-2-8(6-11(10)14)12(16)13(17)18/h2-3,6,9,12,16H,4-5,7H2,1H3,(H,17,18). The first-order valence-electron chi connectivity index (χ1n) is 5.88. The van der Waals surface area contributed by atoms with Gasteiger partial charge in [0.1, 0.15) is 0 Å². The molecule has 0 bridgehead atoms. The van der Waals surface area contributed by atoms with Crippen LogP contribution in [0.15, 0.2) is 22.7 Å². The van der Waals surface area contributed by atoms with Gasteiger partial charge in [-0.15, -0.1) is 0 Å². The van der Waals surface area contributed by atoms with E-state index in [4.69, 9.17) is 5.11 Å². The zero-order chi connectivity index (χ0) is 13.3. The minimum absolute atomic E-state index is 0.407. The highest BCUT2D eigenvalue weighted by atomic mass is 79.9. The van der Waals surface area contributed by atoms with Gasteiger partial charge in [0.15, 0.2) is 6.10 Å². The van der Waals surface area contributed by atoms with E-state index >= 15 is 0 Å². The lowest BCUT2D eigenvalue weighted by Gasteiger charge is -2.15. The van der Waals surface area contributed by atoms with Crippen LogP contribution in [0.2, 0.25) is 0 Å². The van der Waals surface area contributed by atoms with Crippen molar-refractivity contribution in [3.05, 3.63) is 33.8 Å². The van der Waals surface area contributed by atoms with Crippen molar-refractivity contribution in [3.63, 3.8) is 0 Å². The number of aliphatic carboxylic acids is 1. The van der Waals surface area contributed by atoms with Gasteiger partial charge < -0.3 is 15.1 Å². The molecule has 2 rings (SSSR count). The third-order valence-corrected chi connectivity index (χ3v) is 4.09. The number of hydrogen-bond acceptors (Lipinski definition) is 3. The number of carboxylic acid groups (broad SMARTS) is 1. The molecule has 1 aromatic carbocycles. The SMILES string of the molecule is CN1CCC(c2ccc(C(O)C(=O)O)cc2Br)C1. The van der Waals surface area contributed by atoms with Crippen LogP contribution >= 0.6 is 15.9 Å². The smallest absolute Gasteiger partial charge is 0.337 e. The van der Waals surface area contributed by atoms with Crippen molar-refractivity contribution in [1.82, 2.24) is 4.90 Å². The number of carbonyl (C=O) groups is 1. The Kier molecular flexibility index (Phi) is 4.04. The molecule has 2 N–H and O–H groups in total. The topological polar surface area (TPSA) is 60.8 Å². The Morgan fingerprint density at radius 1 is 1.56 bits per heavy atom. The number of benzene rings is 1. The first kappa shape index (κ1) is 13.5. The van der Waals surface area contributed by atoms with E-state index < -0.39 is 12.1 Å². The van der Waals surface area contributed by atoms with Crippen molar-refractivity contribution in [3.8, 4) is 0 Å². The third kappa shape index (κ3) is 2.74. The van der Waals surface area contributed by atoms with Crippen LogP contribution in [0.1, 0.15) is 29.6 Å². The van der Waals surface area contributed by atoms with Gasteiger partial charge in [0, 0.05) is 11.0 Å². The molecule has 4 nitrogen and oxygen atoms in total. The largest absolute Gasteiger partial charge is 0.479 e. The molecular weight excluding hydrogens is 298 g/mol. The van der Waals surface area contributed by atoms with E-state index in [1.54, 1.807) is 12.1 Å². The average molecular weight is 314 g/mol. The van der Waals surface area contributed by atoms with Crippen molar-refractivity contribution in [1.29, 1.82) is 0 Å². The van der Waals surface area contributed by atoms with E-state index in [0.29, 0.717) is 11.5 Å². The number of likely N-dealkylation sites (N-methyl/N-ethyl adjacent to an activating group) is 1. The van der Waals surface area contributed by atoms with Crippen molar-refractivity contribution in [2.24, 2.45) is 0 Å². The fraction of sp³-hybridized carbons (Fsp3) is 0.462. The summed E-state index contributed by atoms with van der Waals surface area (Å²) in [6, 6.07) is 5.30. The van der Waals surface area contributed by atoms with Gasteiger partial charge in [-0.2, -0.15) is 0 Å². The van der Waals surface area contributed by atoms with E-state index in [0.717, 1.165) is 24.0 Å². The van der Waals surface area contributed by atoms with Crippen LogP contribution in [0.25, 0.3) is 0 Å². The Labute approximate surface area is 114 Å². The van der Waals surface area contributed by atoms with E-state index in [2.05, 4.69) is 27.9 Å². The molecule has 1 aliphatic heterocycles. The molecule has 1 saturated heterocycles. The van der Waals surface area contributed by atoms with Crippen molar-refractivity contribution in [2.45, 2.75) is 18.4 Å². The maximum absolute atomic E-state index is 10.7. The van der Waals surface area contributed by atoms with Crippen molar-refractivity contribution in [2.75, 3.05) is 20.1 Å². The number of nitrogens with zero attached hydrogens (tertiary/aromatic N) is 1. The second kappa shape index (κ2) is 5.38. The Hall–Kier alpha value is -0.910. The molecule has 0 saturated carbocycles. The molecule has 2 unspecified atom stereocenters.